The predicted octanol–water partition coefficient (Wildman–Crippen LogP) is 5.69. The van der Waals surface area contributed by atoms with E-state index in [4.69, 9.17) is 4.98 Å². The molecule has 4 rings (SSSR count). The maximum atomic E-state index is 4.83. The van der Waals surface area contributed by atoms with Crippen LogP contribution in [0.3, 0.4) is 0 Å². The zero-order valence-electron chi connectivity index (χ0n) is 13.7. The number of thiazole rings is 1. The molecule has 0 spiro atoms. The number of rotatable bonds is 3. The molecule has 2 nitrogen and oxygen atoms in total. The van der Waals surface area contributed by atoms with Crippen molar-refractivity contribution in [3.8, 4) is 0 Å². The van der Waals surface area contributed by atoms with Gasteiger partial charge in [-0.05, 0) is 35.2 Å². The molecule has 0 unspecified atom stereocenters. The minimum absolute atomic E-state index is 1.04. The van der Waals surface area contributed by atoms with Gasteiger partial charge < -0.3 is 4.90 Å². The first-order valence-corrected chi connectivity index (χ1v) is 8.76. The summed E-state index contributed by atoms with van der Waals surface area (Å²) in [5, 5.41) is 3.50. The Morgan fingerprint density at radius 3 is 2.46 bits per heavy atom. The maximum Gasteiger partial charge on any atom is 0.117 e. The largest absolute Gasteiger partial charge is 0.378 e. The fraction of sp³-hybridized carbons (Fsp3) is 0.0952. The summed E-state index contributed by atoms with van der Waals surface area (Å²) in [6.45, 7) is 0. The summed E-state index contributed by atoms with van der Waals surface area (Å²) in [6, 6.07) is 21.3. The molecule has 0 amide bonds. The second-order valence-corrected chi connectivity index (χ2v) is 7.07. The Morgan fingerprint density at radius 1 is 0.875 bits per heavy atom. The number of anilines is 1. The molecule has 0 radical (unpaired) electrons. The molecule has 1 heterocycles. The van der Waals surface area contributed by atoms with Crippen LogP contribution in [0.25, 0.3) is 33.1 Å². The second kappa shape index (κ2) is 6.10. The van der Waals surface area contributed by atoms with E-state index in [-0.39, 0.29) is 0 Å². The molecule has 0 saturated heterocycles. The molecule has 118 valence electrons. The Balaban J connectivity index is 1.68. The molecular weight excluding hydrogens is 312 g/mol. The van der Waals surface area contributed by atoms with E-state index < -0.39 is 0 Å². The van der Waals surface area contributed by atoms with Gasteiger partial charge in [0.05, 0.1) is 10.2 Å². The third-order valence-corrected chi connectivity index (χ3v) is 5.11. The molecule has 3 aromatic carbocycles. The molecule has 0 aliphatic carbocycles. The zero-order valence-corrected chi connectivity index (χ0v) is 14.5. The summed E-state index contributed by atoms with van der Waals surface area (Å²) in [5.74, 6) is 0. The van der Waals surface area contributed by atoms with Crippen molar-refractivity contribution < 1.29 is 0 Å². The van der Waals surface area contributed by atoms with Gasteiger partial charge in [0.1, 0.15) is 5.01 Å². The molecule has 0 saturated carbocycles. The van der Waals surface area contributed by atoms with E-state index in [1.807, 2.05) is 0 Å². The summed E-state index contributed by atoms with van der Waals surface area (Å²) >= 11 is 1.73. The van der Waals surface area contributed by atoms with Crippen LogP contribution in [-0.4, -0.2) is 19.1 Å². The smallest absolute Gasteiger partial charge is 0.117 e. The quantitative estimate of drug-likeness (QED) is 0.480. The van der Waals surface area contributed by atoms with Crippen molar-refractivity contribution in [1.29, 1.82) is 0 Å². The second-order valence-electron chi connectivity index (χ2n) is 6.00. The van der Waals surface area contributed by atoms with Gasteiger partial charge in [-0.2, -0.15) is 0 Å². The van der Waals surface area contributed by atoms with E-state index in [1.54, 1.807) is 11.3 Å². The lowest BCUT2D eigenvalue weighted by Crippen LogP contribution is -2.07. The Morgan fingerprint density at radius 2 is 1.67 bits per heavy atom. The molecule has 0 aliphatic heterocycles. The van der Waals surface area contributed by atoms with Gasteiger partial charge in [-0.25, -0.2) is 4.98 Å². The SMILES string of the molecule is CN(C)c1ccc(/C=C\c2nc3c(ccc4ccccc43)s2)cc1. The van der Waals surface area contributed by atoms with Crippen molar-refractivity contribution in [2.75, 3.05) is 19.0 Å². The third kappa shape index (κ3) is 2.79. The van der Waals surface area contributed by atoms with Crippen LogP contribution >= 0.6 is 11.3 Å². The predicted molar refractivity (Wildman–Crippen MR) is 107 cm³/mol. The van der Waals surface area contributed by atoms with Crippen molar-refractivity contribution >= 4 is 50.2 Å². The van der Waals surface area contributed by atoms with E-state index in [2.05, 4.69) is 91.8 Å². The fourth-order valence-electron chi connectivity index (χ4n) is 2.80. The Kier molecular flexibility index (Phi) is 3.79. The number of hydrogen-bond donors (Lipinski definition) is 0. The summed E-state index contributed by atoms with van der Waals surface area (Å²) in [4.78, 5) is 6.93. The molecule has 0 aliphatic rings. The van der Waals surface area contributed by atoms with Crippen molar-refractivity contribution in [3.05, 3.63) is 71.2 Å². The van der Waals surface area contributed by atoms with E-state index in [1.165, 1.54) is 26.7 Å². The summed E-state index contributed by atoms with van der Waals surface area (Å²) in [6.07, 6.45) is 4.23. The van der Waals surface area contributed by atoms with Crippen LogP contribution in [0, 0.1) is 0 Å². The molecule has 3 heteroatoms. The number of aromatic nitrogens is 1. The molecule has 0 N–H and O–H groups in total. The zero-order chi connectivity index (χ0) is 16.5. The third-order valence-electron chi connectivity index (χ3n) is 4.13. The Labute approximate surface area is 145 Å². The fourth-order valence-corrected chi connectivity index (χ4v) is 3.69. The van der Waals surface area contributed by atoms with Crippen LogP contribution in [-0.2, 0) is 0 Å². The van der Waals surface area contributed by atoms with Gasteiger partial charge in [-0.3, -0.25) is 0 Å². The highest BCUT2D eigenvalue weighted by Crippen LogP contribution is 2.30. The first-order valence-electron chi connectivity index (χ1n) is 7.94. The number of nitrogens with zero attached hydrogens (tertiary/aromatic N) is 2. The van der Waals surface area contributed by atoms with Gasteiger partial charge in [-0.1, -0.05) is 48.5 Å². The van der Waals surface area contributed by atoms with Crippen LogP contribution in [0.4, 0.5) is 5.69 Å². The highest BCUT2D eigenvalue weighted by molar-refractivity contribution is 7.19. The van der Waals surface area contributed by atoms with Crippen LogP contribution in [0.5, 0.6) is 0 Å². The van der Waals surface area contributed by atoms with E-state index in [0.29, 0.717) is 0 Å². The van der Waals surface area contributed by atoms with Crippen molar-refractivity contribution in [2.24, 2.45) is 0 Å². The monoisotopic (exact) mass is 330 g/mol. The van der Waals surface area contributed by atoms with Crippen molar-refractivity contribution in [1.82, 2.24) is 4.98 Å². The maximum absolute atomic E-state index is 4.83. The van der Waals surface area contributed by atoms with Crippen LogP contribution < -0.4 is 4.90 Å². The molecule has 4 aromatic rings. The van der Waals surface area contributed by atoms with Gasteiger partial charge in [0.2, 0.25) is 0 Å². The number of fused-ring (bicyclic) bond motifs is 3. The minimum Gasteiger partial charge on any atom is -0.378 e. The minimum atomic E-state index is 1.04. The van der Waals surface area contributed by atoms with E-state index in [9.17, 15) is 0 Å². The Hall–Kier alpha value is -2.65. The van der Waals surface area contributed by atoms with Gasteiger partial charge >= 0.3 is 0 Å². The first-order chi connectivity index (χ1) is 11.7. The summed E-state index contributed by atoms with van der Waals surface area (Å²) in [5.41, 5.74) is 3.49. The van der Waals surface area contributed by atoms with Gasteiger partial charge in [0, 0.05) is 25.2 Å². The summed E-state index contributed by atoms with van der Waals surface area (Å²) < 4.78 is 1.23. The first kappa shape index (κ1) is 14.9. The molecular formula is C21H18N2S. The Bertz CT molecular complexity index is 1030. The lowest BCUT2D eigenvalue weighted by atomic mass is 10.1. The highest BCUT2D eigenvalue weighted by Gasteiger charge is 2.05. The van der Waals surface area contributed by atoms with Crippen molar-refractivity contribution in [3.63, 3.8) is 0 Å². The van der Waals surface area contributed by atoms with Crippen LogP contribution in [0.1, 0.15) is 10.6 Å². The van der Waals surface area contributed by atoms with Gasteiger partial charge in [0.25, 0.3) is 0 Å². The summed E-state index contributed by atoms with van der Waals surface area (Å²) in [7, 11) is 4.10. The average Bonchev–Trinajstić information content (AvgIpc) is 3.04. The highest BCUT2D eigenvalue weighted by atomic mass is 32.1. The molecule has 1 aromatic heterocycles. The van der Waals surface area contributed by atoms with Crippen LogP contribution in [0.15, 0.2) is 60.7 Å². The van der Waals surface area contributed by atoms with Gasteiger partial charge in [0.15, 0.2) is 0 Å². The average molecular weight is 330 g/mol. The number of benzene rings is 3. The molecule has 0 fully saturated rings. The molecule has 24 heavy (non-hydrogen) atoms. The van der Waals surface area contributed by atoms with E-state index >= 15 is 0 Å². The molecule has 0 atom stereocenters. The normalized spacial score (nSPS) is 11.6. The van der Waals surface area contributed by atoms with Gasteiger partial charge in [-0.15, -0.1) is 11.3 Å². The lowest BCUT2D eigenvalue weighted by Gasteiger charge is -2.11. The van der Waals surface area contributed by atoms with Crippen molar-refractivity contribution in [2.45, 2.75) is 0 Å². The standard InChI is InChI=1S/C21H18N2S/c1-23(2)17-11-7-15(8-12-17)9-14-20-22-21-18-6-4-3-5-16(18)10-13-19(21)24-20/h3-14H,1-2H3/b14-9-. The van der Waals surface area contributed by atoms with Crippen LogP contribution in [0.2, 0.25) is 0 Å². The topological polar surface area (TPSA) is 16.1 Å². The lowest BCUT2D eigenvalue weighted by molar-refractivity contribution is 1.13. The van der Waals surface area contributed by atoms with E-state index in [0.717, 1.165) is 10.5 Å². The molecule has 0 bridgehead atoms. The number of hydrogen-bond acceptors (Lipinski definition) is 3.